The van der Waals surface area contributed by atoms with Crippen LogP contribution in [0.1, 0.15) is 33.1 Å². The van der Waals surface area contributed by atoms with E-state index in [0.29, 0.717) is 18.0 Å². The van der Waals surface area contributed by atoms with E-state index >= 15 is 0 Å². The van der Waals surface area contributed by atoms with Crippen LogP contribution in [-0.2, 0) is 0 Å². The van der Waals surface area contributed by atoms with E-state index in [1.165, 1.54) is 25.8 Å². The summed E-state index contributed by atoms with van der Waals surface area (Å²) < 4.78 is 14.2. The fourth-order valence-corrected chi connectivity index (χ4v) is 3.74. The second-order valence-electron chi connectivity index (χ2n) is 6.56. The molecule has 0 aromatic heterocycles. The van der Waals surface area contributed by atoms with Crippen LogP contribution in [0.2, 0.25) is 0 Å². The summed E-state index contributed by atoms with van der Waals surface area (Å²) in [4.78, 5) is 4.96. The minimum absolute atomic E-state index is 0.0811. The van der Waals surface area contributed by atoms with E-state index in [2.05, 4.69) is 23.6 Å². The van der Waals surface area contributed by atoms with Crippen molar-refractivity contribution in [3.05, 3.63) is 30.1 Å². The standard InChI is InChI=1S/C17H25FN2/c1-13(2)17-12-19-10-6-5-7-14(19)11-20(17)16-9-4-3-8-15(16)18/h3-4,8-9,13-14,17H,5-7,10-12H2,1-2H3. The van der Waals surface area contributed by atoms with Crippen LogP contribution in [0.15, 0.2) is 24.3 Å². The second-order valence-corrected chi connectivity index (χ2v) is 6.56. The molecule has 3 heteroatoms. The van der Waals surface area contributed by atoms with Crippen LogP contribution in [0.25, 0.3) is 0 Å². The van der Waals surface area contributed by atoms with E-state index in [1.807, 2.05) is 12.1 Å². The van der Waals surface area contributed by atoms with Crippen LogP contribution in [-0.4, -0.2) is 36.6 Å². The zero-order valence-corrected chi connectivity index (χ0v) is 12.6. The number of piperidine rings is 1. The van der Waals surface area contributed by atoms with Crippen LogP contribution in [0.3, 0.4) is 0 Å². The largest absolute Gasteiger partial charge is 0.363 e. The number of hydrogen-bond acceptors (Lipinski definition) is 2. The van der Waals surface area contributed by atoms with Crippen molar-refractivity contribution in [1.82, 2.24) is 4.90 Å². The highest BCUT2D eigenvalue weighted by molar-refractivity contribution is 5.49. The Hall–Kier alpha value is -1.09. The van der Waals surface area contributed by atoms with Crippen LogP contribution in [0.4, 0.5) is 10.1 Å². The topological polar surface area (TPSA) is 6.48 Å². The molecule has 1 aromatic rings. The van der Waals surface area contributed by atoms with E-state index in [-0.39, 0.29) is 5.82 Å². The van der Waals surface area contributed by atoms with Crippen molar-refractivity contribution in [1.29, 1.82) is 0 Å². The van der Waals surface area contributed by atoms with Gasteiger partial charge < -0.3 is 4.90 Å². The summed E-state index contributed by atoms with van der Waals surface area (Å²) in [5.41, 5.74) is 0.788. The maximum absolute atomic E-state index is 14.2. The molecule has 3 rings (SSSR count). The van der Waals surface area contributed by atoms with Gasteiger partial charge in [0.15, 0.2) is 0 Å². The van der Waals surface area contributed by atoms with Crippen LogP contribution in [0.5, 0.6) is 0 Å². The van der Waals surface area contributed by atoms with Crippen molar-refractivity contribution >= 4 is 5.69 Å². The number of rotatable bonds is 2. The third-order valence-electron chi connectivity index (χ3n) is 4.91. The van der Waals surface area contributed by atoms with Crippen molar-refractivity contribution in [3.63, 3.8) is 0 Å². The third-order valence-corrected chi connectivity index (χ3v) is 4.91. The van der Waals surface area contributed by atoms with Crippen molar-refractivity contribution in [3.8, 4) is 0 Å². The zero-order valence-electron chi connectivity index (χ0n) is 12.6. The SMILES string of the molecule is CC(C)C1CN2CCCCC2CN1c1ccccc1F. The number of nitrogens with zero attached hydrogens (tertiary/aromatic N) is 2. The Balaban J connectivity index is 1.88. The normalized spacial score (nSPS) is 27.7. The Kier molecular flexibility index (Phi) is 3.97. The molecule has 2 atom stereocenters. The molecule has 0 bridgehead atoms. The lowest BCUT2D eigenvalue weighted by Crippen LogP contribution is -2.61. The molecule has 2 aliphatic heterocycles. The van der Waals surface area contributed by atoms with E-state index in [4.69, 9.17) is 0 Å². The predicted octanol–water partition coefficient (Wildman–Crippen LogP) is 3.52. The van der Waals surface area contributed by atoms with Gasteiger partial charge in [-0.2, -0.15) is 0 Å². The van der Waals surface area contributed by atoms with E-state index in [1.54, 1.807) is 12.1 Å². The van der Waals surface area contributed by atoms with Gasteiger partial charge in [-0.1, -0.05) is 32.4 Å². The van der Waals surface area contributed by atoms with E-state index in [0.717, 1.165) is 18.8 Å². The van der Waals surface area contributed by atoms with Crippen LogP contribution in [0, 0.1) is 11.7 Å². The molecule has 20 heavy (non-hydrogen) atoms. The molecule has 1 aromatic carbocycles. The Morgan fingerprint density at radius 1 is 1.15 bits per heavy atom. The maximum Gasteiger partial charge on any atom is 0.146 e. The van der Waals surface area contributed by atoms with Crippen molar-refractivity contribution in [2.45, 2.75) is 45.2 Å². The first-order chi connectivity index (χ1) is 9.66. The summed E-state index contributed by atoms with van der Waals surface area (Å²) >= 11 is 0. The number of hydrogen-bond donors (Lipinski definition) is 0. The third kappa shape index (κ3) is 2.56. The highest BCUT2D eigenvalue weighted by Crippen LogP contribution is 2.32. The first-order valence-electron chi connectivity index (χ1n) is 7.92. The van der Waals surface area contributed by atoms with Gasteiger partial charge in [0, 0.05) is 25.2 Å². The van der Waals surface area contributed by atoms with Gasteiger partial charge in [-0.05, 0) is 37.4 Å². The molecule has 2 aliphatic rings. The molecule has 2 unspecified atom stereocenters. The molecule has 0 spiro atoms. The number of para-hydroxylation sites is 1. The molecular formula is C17H25FN2. The van der Waals surface area contributed by atoms with Gasteiger partial charge in [0.25, 0.3) is 0 Å². The molecule has 2 saturated heterocycles. The number of anilines is 1. The second kappa shape index (κ2) is 5.72. The lowest BCUT2D eigenvalue weighted by Gasteiger charge is -2.50. The zero-order chi connectivity index (χ0) is 14.1. The monoisotopic (exact) mass is 276 g/mol. The van der Waals surface area contributed by atoms with Crippen molar-refractivity contribution in [2.24, 2.45) is 5.92 Å². The molecule has 0 radical (unpaired) electrons. The summed E-state index contributed by atoms with van der Waals surface area (Å²) in [6.45, 7) is 7.78. The van der Waals surface area contributed by atoms with Gasteiger partial charge in [0.1, 0.15) is 5.82 Å². The minimum Gasteiger partial charge on any atom is -0.363 e. The quantitative estimate of drug-likeness (QED) is 0.815. The molecule has 2 heterocycles. The molecule has 0 amide bonds. The highest BCUT2D eigenvalue weighted by Gasteiger charge is 2.36. The van der Waals surface area contributed by atoms with Gasteiger partial charge in [-0.15, -0.1) is 0 Å². The van der Waals surface area contributed by atoms with Crippen molar-refractivity contribution in [2.75, 3.05) is 24.5 Å². The average Bonchev–Trinajstić information content (AvgIpc) is 2.46. The number of benzene rings is 1. The first-order valence-corrected chi connectivity index (χ1v) is 7.92. The van der Waals surface area contributed by atoms with Gasteiger partial charge in [0.2, 0.25) is 0 Å². The first kappa shape index (κ1) is 13.9. The van der Waals surface area contributed by atoms with Gasteiger partial charge >= 0.3 is 0 Å². The Morgan fingerprint density at radius 2 is 1.95 bits per heavy atom. The smallest absolute Gasteiger partial charge is 0.146 e. The molecule has 0 N–H and O–H groups in total. The van der Waals surface area contributed by atoms with Gasteiger partial charge in [0.05, 0.1) is 5.69 Å². The number of halogens is 1. The molecule has 110 valence electrons. The van der Waals surface area contributed by atoms with E-state index < -0.39 is 0 Å². The number of piperazine rings is 1. The van der Waals surface area contributed by atoms with Gasteiger partial charge in [-0.25, -0.2) is 4.39 Å². The maximum atomic E-state index is 14.2. The lowest BCUT2D eigenvalue weighted by molar-refractivity contribution is 0.100. The Bertz CT molecular complexity index is 460. The molecule has 2 fully saturated rings. The molecule has 2 nitrogen and oxygen atoms in total. The summed E-state index contributed by atoms with van der Waals surface area (Å²) in [6, 6.07) is 8.27. The Labute approximate surface area is 121 Å². The minimum atomic E-state index is -0.0811. The molecule has 0 saturated carbocycles. The summed E-state index contributed by atoms with van der Waals surface area (Å²) in [7, 11) is 0. The van der Waals surface area contributed by atoms with Crippen LogP contribution >= 0.6 is 0 Å². The van der Waals surface area contributed by atoms with E-state index in [9.17, 15) is 4.39 Å². The van der Waals surface area contributed by atoms with Crippen molar-refractivity contribution < 1.29 is 4.39 Å². The summed E-state index contributed by atoms with van der Waals surface area (Å²) in [5.74, 6) is 0.458. The summed E-state index contributed by atoms with van der Waals surface area (Å²) in [6.07, 6.45) is 3.90. The highest BCUT2D eigenvalue weighted by atomic mass is 19.1. The fraction of sp³-hybridized carbons (Fsp3) is 0.647. The van der Waals surface area contributed by atoms with Gasteiger partial charge in [-0.3, -0.25) is 4.90 Å². The predicted molar refractivity (Wildman–Crippen MR) is 81.6 cm³/mol. The Morgan fingerprint density at radius 3 is 2.70 bits per heavy atom. The fourth-order valence-electron chi connectivity index (χ4n) is 3.74. The lowest BCUT2D eigenvalue weighted by atomic mass is 9.91. The number of fused-ring (bicyclic) bond motifs is 1. The average molecular weight is 276 g/mol. The summed E-state index contributed by atoms with van der Waals surface area (Å²) in [5, 5.41) is 0. The molecular weight excluding hydrogens is 251 g/mol. The van der Waals surface area contributed by atoms with Crippen LogP contribution < -0.4 is 4.90 Å². The molecule has 0 aliphatic carbocycles.